The monoisotopic (exact) mass is 142 g/mol. The Morgan fingerprint density at radius 2 is 2.22 bits per heavy atom. The van der Waals surface area contributed by atoms with E-state index in [1.165, 1.54) is 19.3 Å². The average Bonchev–Trinajstić information content (AvgIpc) is 1.89. The second-order valence-corrected chi connectivity index (χ2v) is 2.80. The molecule has 0 aliphatic heterocycles. The molecule has 0 aliphatic rings. The summed E-state index contributed by atoms with van der Waals surface area (Å²) in [5, 5.41) is 0.177. The van der Waals surface area contributed by atoms with E-state index < -0.39 is 0 Å². The van der Waals surface area contributed by atoms with Gasteiger partial charge in [0.15, 0.2) is 0 Å². The van der Waals surface area contributed by atoms with Crippen molar-refractivity contribution in [2.45, 2.75) is 37.9 Å². The minimum atomic E-state index is 0.177. The fourth-order valence-electron chi connectivity index (χ4n) is 0.671. The van der Waals surface area contributed by atoms with Gasteiger partial charge in [0.25, 0.3) is 0 Å². The molecule has 0 radical (unpaired) electrons. The summed E-state index contributed by atoms with van der Waals surface area (Å²) in [5.41, 5.74) is 0. The molecule has 0 bridgehead atoms. The van der Waals surface area contributed by atoms with Gasteiger partial charge in [-0.1, -0.05) is 32.1 Å². The molecule has 0 fully saturated rings. The van der Waals surface area contributed by atoms with Crippen LogP contribution in [0.15, 0.2) is 0 Å². The van der Waals surface area contributed by atoms with Gasteiger partial charge in [-0.25, -0.2) is 0 Å². The molecule has 0 aliphatic carbocycles. The van der Waals surface area contributed by atoms with E-state index >= 15 is 0 Å². The summed E-state index contributed by atoms with van der Waals surface area (Å²) in [7, 11) is 0. The Morgan fingerprint density at radius 1 is 1.56 bits per heavy atom. The fraction of sp³-hybridized carbons (Fsp3) is 0.750. The number of hydrogen-bond acceptors (Lipinski definition) is 1. The van der Waals surface area contributed by atoms with Gasteiger partial charge in [-0.05, 0) is 6.42 Å². The first-order chi connectivity index (χ1) is 4.31. The van der Waals surface area contributed by atoms with Gasteiger partial charge >= 0.3 is 0 Å². The summed E-state index contributed by atoms with van der Waals surface area (Å²) in [6.45, 7) is 2.18. The quantitative estimate of drug-likeness (QED) is 0.348. The molecular formula is C8H14S. The first-order valence-electron chi connectivity index (χ1n) is 3.45. The molecule has 0 aromatic heterocycles. The van der Waals surface area contributed by atoms with Gasteiger partial charge in [0, 0.05) is 0 Å². The summed E-state index contributed by atoms with van der Waals surface area (Å²) in [6, 6.07) is 0. The number of rotatable bonds is 4. The third-order valence-electron chi connectivity index (χ3n) is 1.27. The van der Waals surface area contributed by atoms with Crippen LogP contribution < -0.4 is 0 Å². The van der Waals surface area contributed by atoms with Crippen LogP contribution in [-0.4, -0.2) is 5.25 Å². The van der Waals surface area contributed by atoms with Crippen LogP contribution in [0.1, 0.15) is 32.6 Å². The lowest BCUT2D eigenvalue weighted by Gasteiger charge is -1.99. The third kappa shape index (κ3) is 5.79. The minimum absolute atomic E-state index is 0.177. The molecule has 0 saturated heterocycles. The van der Waals surface area contributed by atoms with Crippen LogP contribution in [0.2, 0.25) is 0 Å². The smallest absolute Gasteiger partial charge is 0.0624 e. The maximum atomic E-state index is 5.13. The van der Waals surface area contributed by atoms with E-state index in [9.17, 15) is 0 Å². The molecule has 0 saturated carbocycles. The van der Waals surface area contributed by atoms with Crippen molar-refractivity contribution >= 4 is 12.6 Å². The fourth-order valence-corrected chi connectivity index (χ4v) is 0.854. The number of hydrogen-bond donors (Lipinski definition) is 1. The zero-order valence-corrected chi connectivity index (χ0v) is 6.82. The Bertz CT molecular complexity index is 91.2. The first-order valence-corrected chi connectivity index (χ1v) is 3.97. The van der Waals surface area contributed by atoms with Gasteiger partial charge < -0.3 is 0 Å². The summed E-state index contributed by atoms with van der Waals surface area (Å²) >= 11 is 4.17. The molecule has 0 rings (SSSR count). The van der Waals surface area contributed by atoms with Crippen LogP contribution in [0.3, 0.4) is 0 Å². The summed E-state index contributed by atoms with van der Waals surface area (Å²) in [6.07, 6.45) is 9.94. The van der Waals surface area contributed by atoms with Crippen molar-refractivity contribution < 1.29 is 0 Å². The molecule has 0 aromatic carbocycles. The largest absolute Gasteiger partial charge is 0.163 e. The molecule has 0 amide bonds. The lowest BCUT2D eigenvalue weighted by Crippen LogP contribution is -1.92. The van der Waals surface area contributed by atoms with Crippen molar-refractivity contribution in [1.29, 1.82) is 0 Å². The van der Waals surface area contributed by atoms with Gasteiger partial charge in [-0.15, -0.1) is 6.42 Å². The molecule has 1 unspecified atom stereocenters. The lowest BCUT2D eigenvalue weighted by atomic mass is 10.2. The van der Waals surface area contributed by atoms with Crippen LogP contribution >= 0.6 is 12.6 Å². The molecule has 0 heterocycles. The standard InChI is InChI=1S/C8H14S/c1-3-5-6-7-8(9)4-2/h2,8-9H,3,5-7H2,1H3. The van der Waals surface area contributed by atoms with Gasteiger partial charge in [0.2, 0.25) is 0 Å². The maximum Gasteiger partial charge on any atom is 0.0624 e. The van der Waals surface area contributed by atoms with E-state index in [0.717, 1.165) is 6.42 Å². The Balaban J connectivity index is 2.99. The van der Waals surface area contributed by atoms with Gasteiger partial charge in [-0.3, -0.25) is 0 Å². The molecule has 0 aromatic rings. The molecule has 1 atom stereocenters. The van der Waals surface area contributed by atoms with E-state index in [2.05, 4.69) is 25.5 Å². The van der Waals surface area contributed by atoms with E-state index in [1.54, 1.807) is 0 Å². The number of thiol groups is 1. The predicted molar refractivity (Wildman–Crippen MR) is 45.7 cm³/mol. The summed E-state index contributed by atoms with van der Waals surface area (Å²) in [4.78, 5) is 0. The zero-order valence-electron chi connectivity index (χ0n) is 5.93. The van der Waals surface area contributed by atoms with Crippen molar-refractivity contribution in [3.63, 3.8) is 0 Å². The highest BCUT2D eigenvalue weighted by molar-refractivity contribution is 7.81. The van der Waals surface area contributed by atoms with Crippen LogP contribution in [0.4, 0.5) is 0 Å². The van der Waals surface area contributed by atoms with Gasteiger partial charge in [0.05, 0.1) is 5.25 Å². The predicted octanol–water partition coefficient (Wildman–Crippen LogP) is 2.50. The number of unbranched alkanes of at least 4 members (excludes halogenated alkanes) is 2. The maximum absolute atomic E-state index is 5.13. The highest BCUT2D eigenvalue weighted by Crippen LogP contribution is 2.06. The van der Waals surface area contributed by atoms with Gasteiger partial charge in [-0.2, -0.15) is 12.6 Å². The Morgan fingerprint density at radius 3 is 2.67 bits per heavy atom. The van der Waals surface area contributed by atoms with Crippen molar-refractivity contribution in [3.05, 3.63) is 0 Å². The number of terminal acetylenes is 1. The minimum Gasteiger partial charge on any atom is -0.163 e. The lowest BCUT2D eigenvalue weighted by molar-refractivity contribution is 0.686. The second kappa shape index (κ2) is 6.04. The van der Waals surface area contributed by atoms with Gasteiger partial charge in [0.1, 0.15) is 0 Å². The molecule has 0 N–H and O–H groups in total. The van der Waals surface area contributed by atoms with Crippen LogP contribution in [0.5, 0.6) is 0 Å². The topological polar surface area (TPSA) is 0 Å². The first kappa shape index (κ1) is 8.91. The van der Waals surface area contributed by atoms with Crippen molar-refractivity contribution in [2.24, 2.45) is 0 Å². The Kier molecular flexibility index (Phi) is 5.98. The van der Waals surface area contributed by atoms with Crippen LogP contribution in [0, 0.1) is 12.3 Å². The van der Waals surface area contributed by atoms with E-state index in [4.69, 9.17) is 6.42 Å². The molecule has 0 nitrogen and oxygen atoms in total. The van der Waals surface area contributed by atoms with Crippen molar-refractivity contribution in [1.82, 2.24) is 0 Å². The molecule has 9 heavy (non-hydrogen) atoms. The summed E-state index contributed by atoms with van der Waals surface area (Å²) in [5.74, 6) is 2.59. The molecule has 1 heteroatoms. The molecular weight excluding hydrogens is 128 g/mol. The SMILES string of the molecule is C#CC(S)CCCCC. The van der Waals surface area contributed by atoms with Crippen molar-refractivity contribution in [3.8, 4) is 12.3 Å². The molecule has 52 valence electrons. The normalized spacial score (nSPS) is 12.6. The summed E-state index contributed by atoms with van der Waals surface area (Å²) < 4.78 is 0. The van der Waals surface area contributed by atoms with Crippen LogP contribution in [0.25, 0.3) is 0 Å². The Hall–Kier alpha value is -0.0900. The molecule has 0 spiro atoms. The van der Waals surface area contributed by atoms with E-state index in [1.807, 2.05) is 0 Å². The van der Waals surface area contributed by atoms with E-state index in [-0.39, 0.29) is 5.25 Å². The zero-order chi connectivity index (χ0) is 7.11. The van der Waals surface area contributed by atoms with E-state index in [0.29, 0.717) is 0 Å². The second-order valence-electron chi connectivity index (χ2n) is 2.18. The third-order valence-corrected chi connectivity index (χ3v) is 1.68. The highest BCUT2D eigenvalue weighted by atomic mass is 32.1. The Labute approximate surface area is 63.4 Å². The van der Waals surface area contributed by atoms with Crippen molar-refractivity contribution in [2.75, 3.05) is 0 Å². The average molecular weight is 142 g/mol. The highest BCUT2D eigenvalue weighted by Gasteiger charge is 1.94. The van der Waals surface area contributed by atoms with Crippen LogP contribution in [-0.2, 0) is 0 Å².